The minimum Gasteiger partial charge on any atom is -0.276 e. The topological polar surface area (TPSA) is 64.0 Å². The van der Waals surface area contributed by atoms with Crippen molar-refractivity contribution < 1.29 is 8.42 Å². The molecule has 5 nitrogen and oxygen atoms in total. The molecule has 19 heavy (non-hydrogen) atoms. The Balaban J connectivity index is 2.25. The quantitative estimate of drug-likeness (QED) is 0.905. The average molecular weight is 364 g/mol. The van der Waals surface area contributed by atoms with Gasteiger partial charge in [-0.25, -0.2) is 8.42 Å². The normalized spacial score (nSPS) is 12.1. The number of rotatable bonds is 4. The SMILES string of the molecule is Cc1cc(S(=O)(=O)Nc2cnn(C(C)C)c2)sc1Br. The molecule has 2 aromatic rings. The summed E-state index contributed by atoms with van der Waals surface area (Å²) in [5, 5.41) is 4.10. The molecule has 0 spiro atoms. The molecule has 0 aliphatic rings. The van der Waals surface area contributed by atoms with Crippen LogP contribution in [0, 0.1) is 6.92 Å². The lowest BCUT2D eigenvalue weighted by Crippen LogP contribution is -2.11. The van der Waals surface area contributed by atoms with E-state index in [0.29, 0.717) is 5.69 Å². The monoisotopic (exact) mass is 363 g/mol. The van der Waals surface area contributed by atoms with Crippen molar-refractivity contribution in [3.63, 3.8) is 0 Å². The molecule has 0 aliphatic carbocycles. The predicted molar refractivity (Wildman–Crippen MR) is 80.2 cm³/mol. The van der Waals surface area contributed by atoms with Crippen molar-refractivity contribution in [2.45, 2.75) is 31.0 Å². The van der Waals surface area contributed by atoms with E-state index in [1.54, 1.807) is 16.9 Å². The van der Waals surface area contributed by atoms with Gasteiger partial charge in [-0.3, -0.25) is 9.40 Å². The van der Waals surface area contributed by atoms with Gasteiger partial charge in [-0.05, 0) is 48.3 Å². The minimum atomic E-state index is -3.54. The van der Waals surface area contributed by atoms with Gasteiger partial charge in [0.25, 0.3) is 10.0 Å². The zero-order chi connectivity index (χ0) is 14.2. The number of aryl methyl sites for hydroxylation is 1. The highest BCUT2D eigenvalue weighted by Gasteiger charge is 2.19. The number of hydrogen-bond donors (Lipinski definition) is 1. The van der Waals surface area contributed by atoms with Gasteiger partial charge in [-0.2, -0.15) is 5.10 Å². The van der Waals surface area contributed by atoms with Gasteiger partial charge in [-0.15, -0.1) is 11.3 Å². The molecule has 1 N–H and O–H groups in total. The summed E-state index contributed by atoms with van der Waals surface area (Å²) in [6.45, 7) is 5.81. The van der Waals surface area contributed by atoms with Gasteiger partial charge in [0, 0.05) is 12.2 Å². The summed E-state index contributed by atoms with van der Waals surface area (Å²) in [5.41, 5.74) is 1.37. The van der Waals surface area contributed by atoms with E-state index in [-0.39, 0.29) is 10.3 Å². The molecule has 104 valence electrons. The Bertz CT molecular complexity index is 669. The van der Waals surface area contributed by atoms with E-state index in [0.717, 1.165) is 9.35 Å². The van der Waals surface area contributed by atoms with Gasteiger partial charge in [0.15, 0.2) is 0 Å². The van der Waals surface area contributed by atoms with Gasteiger partial charge in [0.1, 0.15) is 4.21 Å². The molecule has 2 rings (SSSR count). The lowest BCUT2D eigenvalue weighted by molar-refractivity contribution is 0.532. The minimum absolute atomic E-state index is 0.191. The highest BCUT2D eigenvalue weighted by Crippen LogP contribution is 2.31. The molecule has 2 heterocycles. The Morgan fingerprint density at radius 1 is 1.47 bits per heavy atom. The van der Waals surface area contributed by atoms with Crippen molar-refractivity contribution in [3.05, 3.63) is 27.8 Å². The van der Waals surface area contributed by atoms with Gasteiger partial charge >= 0.3 is 0 Å². The number of sulfonamides is 1. The zero-order valence-electron chi connectivity index (χ0n) is 10.7. The molecule has 2 aromatic heterocycles. The van der Waals surface area contributed by atoms with Crippen LogP contribution in [0.3, 0.4) is 0 Å². The second kappa shape index (κ2) is 5.26. The summed E-state index contributed by atoms with van der Waals surface area (Å²) in [6, 6.07) is 1.83. The van der Waals surface area contributed by atoms with Gasteiger partial charge in [0.05, 0.1) is 15.7 Å². The van der Waals surface area contributed by atoms with E-state index in [4.69, 9.17) is 0 Å². The summed E-state index contributed by atoms with van der Waals surface area (Å²) in [4.78, 5) is 0. The molecule has 0 atom stereocenters. The molecule has 0 saturated heterocycles. The first kappa shape index (κ1) is 14.5. The van der Waals surface area contributed by atoms with Crippen LogP contribution in [-0.4, -0.2) is 18.2 Å². The fourth-order valence-corrected chi connectivity index (χ4v) is 4.70. The third-order valence-corrected chi connectivity index (χ3v) is 6.47. The Morgan fingerprint density at radius 3 is 2.63 bits per heavy atom. The molecule has 0 unspecified atom stereocenters. The molecule has 0 amide bonds. The standard InChI is InChI=1S/C11H14BrN3O2S2/c1-7(2)15-6-9(5-13-15)14-19(16,17)10-4-8(3)11(12)18-10/h4-7,14H,1-3H3. The van der Waals surface area contributed by atoms with Crippen LogP contribution in [0.15, 0.2) is 26.5 Å². The van der Waals surface area contributed by atoms with E-state index in [1.807, 2.05) is 20.8 Å². The van der Waals surface area contributed by atoms with Crippen LogP contribution in [0.1, 0.15) is 25.5 Å². The van der Waals surface area contributed by atoms with Gasteiger partial charge < -0.3 is 0 Å². The smallest absolute Gasteiger partial charge is 0.271 e. The number of anilines is 1. The fraction of sp³-hybridized carbons (Fsp3) is 0.364. The maximum absolute atomic E-state index is 12.2. The summed E-state index contributed by atoms with van der Waals surface area (Å²) in [6.07, 6.45) is 3.19. The van der Waals surface area contributed by atoms with Gasteiger partial charge in [0.2, 0.25) is 0 Å². The maximum Gasteiger partial charge on any atom is 0.271 e. The molecule has 0 bridgehead atoms. The Morgan fingerprint density at radius 2 is 2.16 bits per heavy atom. The Labute approximate surface area is 124 Å². The highest BCUT2D eigenvalue weighted by molar-refractivity contribution is 9.11. The second-order valence-corrected chi connectivity index (χ2v) is 8.71. The van der Waals surface area contributed by atoms with Crippen molar-refractivity contribution in [2.24, 2.45) is 0 Å². The first-order chi connectivity index (χ1) is 8.79. The molecule has 0 saturated carbocycles. The number of thiophene rings is 1. The van der Waals surface area contributed by atoms with Crippen molar-refractivity contribution in [3.8, 4) is 0 Å². The number of hydrogen-bond acceptors (Lipinski definition) is 4. The second-order valence-electron chi connectivity index (χ2n) is 4.43. The predicted octanol–water partition coefficient (Wildman–Crippen LogP) is 3.40. The largest absolute Gasteiger partial charge is 0.276 e. The highest BCUT2D eigenvalue weighted by atomic mass is 79.9. The van der Waals surface area contributed by atoms with Crippen LogP contribution in [-0.2, 0) is 10.0 Å². The number of nitrogens with zero attached hydrogens (tertiary/aromatic N) is 2. The molecule has 0 aliphatic heterocycles. The van der Waals surface area contributed by atoms with Crippen molar-refractivity contribution in [2.75, 3.05) is 4.72 Å². The van der Waals surface area contributed by atoms with Crippen molar-refractivity contribution in [1.82, 2.24) is 9.78 Å². The van der Waals surface area contributed by atoms with E-state index in [2.05, 4.69) is 25.8 Å². The summed E-state index contributed by atoms with van der Waals surface area (Å²) < 4.78 is 29.7. The number of nitrogens with one attached hydrogen (secondary N) is 1. The number of halogens is 1. The van der Waals surface area contributed by atoms with E-state index >= 15 is 0 Å². The van der Waals surface area contributed by atoms with Gasteiger partial charge in [-0.1, -0.05) is 0 Å². The molecule has 0 aromatic carbocycles. The molecule has 0 radical (unpaired) electrons. The fourth-order valence-electron chi connectivity index (χ4n) is 1.44. The average Bonchev–Trinajstić information content (AvgIpc) is 2.87. The zero-order valence-corrected chi connectivity index (χ0v) is 13.9. The lowest BCUT2D eigenvalue weighted by Gasteiger charge is -2.04. The van der Waals surface area contributed by atoms with Crippen LogP contribution < -0.4 is 4.72 Å². The third kappa shape index (κ3) is 3.18. The Hall–Kier alpha value is -0.860. The first-order valence-corrected chi connectivity index (χ1v) is 8.72. The van der Waals surface area contributed by atoms with E-state index in [1.165, 1.54) is 17.5 Å². The molecular weight excluding hydrogens is 350 g/mol. The molecule has 8 heteroatoms. The van der Waals surface area contributed by atoms with Crippen LogP contribution >= 0.6 is 27.3 Å². The first-order valence-electron chi connectivity index (χ1n) is 5.62. The summed E-state index contributed by atoms with van der Waals surface area (Å²) >= 11 is 4.52. The van der Waals surface area contributed by atoms with Crippen molar-refractivity contribution >= 4 is 43.0 Å². The lowest BCUT2D eigenvalue weighted by atomic mass is 10.4. The Kier molecular flexibility index (Phi) is 4.03. The van der Waals surface area contributed by atoms with Crippen LogP contribution in [0.5, 0.6) is 0 Å². The van der Waals surface area contributed by atoms with E-state index in [9.17, 15) is 8.42 Å². The molecule has 0 fully saturated rings. The summed E-state index contributed by atoms with van der Waals surface area (Å²) in [5.74, 6) is 0. The maximum atomic E-state index is 12.2. The van der Waals surface area contributed by atoms with Crippen molar-refractivity contribution in [1.29, 1.82) is 0 Å². The van der Waals surface area contributed by atoms with Crippen LogP contribution in [0.25, 0.3) is 0 Å². The third-order valence-electron chi connectivity index (χ3n) is 2.48. The van der Waals surface area contributed by atoms with Crippen LogP contribution in [0.4, 0.5) is 5.69 Å². The molecular formula is C11H14BrN3O2S2. The number of aromatic nitrogens is 2. The summed E-state index contributed by atoms with van der Waals surface area (Å²) in [7, 11) is -3.54. The van der Waals surface area contributed by atoms with Crippen LogP contribution in [0.2, 0.25) is 0 Å². The van der Waals surface area contributed by atoms with E-state index < -0.39 is 10.0 Å².